The van der Waals surface area contributed by atoms with Crippen molar-refractivity contribution in [1.29, 1.82) is 0 Å². The molecule has 0 radical (unpaired) electrons. The van der Waals surface area contributed by atoms with Gasteiger partial charge < -0.3 is 14.5 Å². The molecule has 6 nitrogen and oxygen atoms in total. The molecule has 272 valence electrons. The second kappa shape index (κ2) is 15.7. The van der Waals surface area contributed by atoms with Crippen LogP contribution in [0, 0.1) is 12.8 Å². The number of aryl methyl sites for hydroxylation is 1. The highest BCUT2D eigenvalue weighted by Crippen LogP contribution is 2.42. The zero-order valence-electron chi connectivity index (χ0n) is 31.0. The molecule has 7 heteroatoms. The first-order valence-corrected chi connectivity index (χ1v) is 18.9. The minimum atomic E-state index is -0.277. The van der Waals surface area contributed by atoms with Crippen LogP contribution in [-0.4, -0.2) is 72.7 Å². The van der Waals surface area contributed by atoms with E-state index in [1.165, 1.54) is 51.0 Å². The normalized spacial score (nSPS) is 22.7. The number of hydrogen-bond acceptors (Lipinski definition) is 5. The van der Waals surface area contributed by atoms with Crippen LogP contribution in [0.5, 0.6) is 5.75 Å². The van der Waals surface area contributed by atoms with Gasteiger partial charge >= 0.3 is 0 Å². The molecule has 3 aromatic rings. The Morgan fingerprint density at radius 1 is 0.940 bits per heavy atom. The lowest BCUT2D eigenvalue weighted by atomic mass is 9.83. The average Bonchev–Trinajstić information content (AvgIpc) is 3.05. The van der Waals surface area contributed by atoms with E-state index in [1.54, 1.807) is 0 Å². The summed E-state index contributed by atoms with van der Waals surface area (Å²) >= 11 is 6.31. The van der Waals surface area contributed by atoms with E-state index in [0.717, 1.165) is 40.2 Å². The number of benzene rings is 3. The Bertz CT molecular complexity index is 1590. The van der Waals surface area contributed by atoms with Gasteiger partial charge in [0.05, 0.1) is 18.6 Å². The van der Waals surface area contributed by atoms with Crippen molar-refractivity contribution in [3.63, 3.8) is 0 Å². The molecule has 0 aromatic heterocycles. The van der Waals surface area contributed by atoms with Crippen LogP contribution in [0.25, 0.3) is 0 Å². The van der Waals surface area contributed by atoms with Gasteiger partial charge in [-0.2, -0.15) is 0 Å². The Morgan fingerprint density at radius 2 is 1.60 bits per heavy atom. The Labute approximate surface area is 307 Å². The summed E-state index contributed by atoms with van der Waals surface area (Å²) in [4.78, 5) is 23.8. The maximum absolute atomic E-state index is 13.9. The molecule has 3 aliphatic rings. The predicted octanol–water partition coefficient (Wildman–Crippen LogP) is 9.55. The molecule has 1 saturated heterocycles. The highest BCUT2D eigenvalue weighted by molar-refractivity contribution is 6.30. The molecule has 0 spiro atoms. The second-order valence-corrected chi connectivity index (χ2v) is 16.5. The van der Waals surface area contributed by atoms with Crippen molar-refractivity contribution in [1.82, 2.24) is 9.80 Å². The van der Waals surface area contributed by atoms with Gasteiger partial charge in [0.1, 0.15) is 5.75 Å². The first-order chi connectivity index (χ1) is 23.3. The molecule has 2 aliphatic heterocycles. The van der Waals surface area contributed by atoms with Crippen molar-refractivity contribution in [2.45, 2.75) is 118 Å². The zero-order valence-corrected chi connectivity index (χ0v) is 31.8. The molecule has 1 aliphatic carbocycles. The van der Waals surface area contributed by atoms with Gasteiger partial charge in [-0.05, 0) is 145 Å². The highest BCUT2D eigenvalue weighted by atomic mass is 35.5. The molecule has 50 heavy (non-hydrogen) atoms. The first-order valence-electron chi connectivity index (χ1n) is 18.5. The number of ether oxygens (including phenoxy) is 1. The van der Waals surface area contributed by atoms with Crippen LogP contribution in [0.3, 0.4) is 0 Å². The summed E-state index contributed by atoms with van der Waals surface area (Å²) in [7, 11) is 2.21. The third-order valence-electron chi connectivity index (χ3n) is 11.2. The van der Waals surface area contributed by atoms with Crippen molar-refractivity contribution >= 4 is 28.9 Å². The Hall–Kier alpha value is -3.06. The van der Waals surface area contributed by atoms with Gasteiger partial charge in [-0.3, -0.25) is 14.6 Å². The number of rotatable bonds is 9. The number of fused-ring (bicyclic) bond motifs is 1. The number of carbonyl (C=O) groups is 1. The molecular weight excluding hydrogens is 640 g/mol. The number of nitrogens with zero attached hydrogens (tertiary/aromatic N) is 4. The van der Waals surface area contributed by atoms with Crippen LogP contribution in [0.4, 0.5) is 11.4 Å². The van der Waals surface area contributed by atoms with E-state index in [9.17, 15) is 4.79 Å². The lowest BCUT2D eigenvalue weighted by Gasteiger charge is -2.52. The third kappa shape index (κ3) is 8.19. The molecule has 6 rings (SSSR count). The monoisotopic (exact) mass is 700 g/mol. The maximum atomic E-state index is 13.9. The number of anilines is 2. The van der Waals surface area contributed by atoms with Crippen molar-refractivity contribution in [3.05, 3.63) is 87.9 Å². The van der Waals surface area contributed by atoms with Crippen molar-refractivity contribution < 1.29 is 9.53 Å². The van der Waals surface area contributed by atoms with E-state index in [0.29, 0.717) is 29.4 Å². The summed E-state index contributed by atoms with van der Waals surface area (Å²) in [6.45, 7) is 20.2. The molecule has 3 aromatic carbocycles. The van der Waals surface area contributed by atoms with Crippen LogP contribution in [-0.2, 0) is 11.2 Å². The van der Waals surface area contributed by atoms with Crippen molar-refractivity contribution in [3.8, 4) is 5.75 Å². The van der Waals surface area contributed by atoms with Crippen LogP contribution in [0.15, 0.2) is 60.7 Å². The summed E-state index contributed by atoms with van der Waals surface area (Å²) in [5, 5.41) is 0.680. The fourth-order valence-corrected chi connectivity index (χ4v) is 9.00. The number of hydrogen-bond donors (Lipinski definition) is 0. The minimum absolute atomic E-state index is 0. The molecular formula is C43H61ClN4O2. The van der Waals surface area contributed by atoms with Crippen LogP contribution in [0.1, 0.15) is 103 Å². The summed E-state index contributed by atoms with van der Waals surface area (Å²) in [5.41, 5.74) is 6.57. The smallest absolute Gasteiger partial charge is 0.232 e. The van der Waals surface area contributed by atoms with E-state index >= 15 is 0 Å². The molecule has 0 unspecified atom stereocenters. The van der Waals surface area contributed by atoms with Gasteiger partial charge in [-0.1, -0.05) is 37.2 Å². The van der Waals surface area contributed by atoms with Crippen molar-refractivity contribution in [2.75, 3.05) is 43.0 Å². The van der Waals surface area contributed by atoms with Gasteiger partial charge in [0.15, 0.2) is 0 Å². The fourth-order valence-electron chi connectivity index (χ4n) is 8.88. The average molecular weight is 701 g/mol. The van der Waals surface area contributed by atoms with Crippen LogP contribution >= 0.6 is 11.6 Å². The van der Waals surface area contributed by atoms with Gasteiger partial charge in [0, 0.05) is 67.2 Å². The number of amides is 1. The SMILES string of the molecule is C.Cc1cc2c(cc1OC(C)C)[C@H](c1ccc(Cl)cc1)N(c1ccc(N(C)CC3CCC(N4CCN(C(C)C)C(C)(C)C4)CC3)cc1)C(=O)C2. The largest absolute Gasteiger partial charge is 0.491 e. The lowest BCUT2D eigenvalue weighted by Crippen LogP contribution is -2.63. The second-order valence-electron chi connectivity index (χ2n) is 16.0. The summed E-state index contributed by atoms with van der Waals surface area (Å²) < 4.78 is 6.21. The third-order valence-corrected chi connectivity index (χ3v) is 11.5. The fraction of sp³-hybridized carbons (Fsp3) is 0.558. The number of carbonyl (C=O) groups excluding carboxylic acids is 1. The van der Waals surface area contributed by atoms with E-state index in [1.807, 2.05) is 43.0 Å². The number of piperazine rings is 1. The van der Waals surface area contributed by atoms with Gasteiger partial charge in [-0.15, -0.1) is 0 Å². The van der Waals surface area contributed by atoms with Crippen LogP contribution < -0.4 is 14.5 Å². The predicted molar refractivity (Wildman–Crippen MR) is 211 cm³/mol. The Balaban J connectivity index is 0.00000486. The topological polar surface area (TPSA) is 39.3 Å². The van der Waals surface area contributed by atoms with Crippen molar-refractivity contribution in [2.24, 2.45) is 5.92 Å². The van der Waals surface area contributed by atoms with Gasteiger partial charge in [-0.25, -0.2) is 0 Å². The van der Waals surface area contributed by atoms with E-state index < -0.39 is 0 Å². The van der Waals surface area contributed by atoms with E-state index in [-0.39, 0.29) is 31.0 Å². The Morgan fingerprint density at radius 3 is 2.20 bits per heavy atom. The van der Waals surface area contributed by atoms with Crippen LogP contribution in [0.2, 0.25) is 5.02 Å². The van der Waals surface area contributed by atoms with Gasteiger partial charge in [0.2, 0.25) is 5.91 Å². The molecule has 1 atom stereocenters. The molecule has 0 bridgehead atoms. The summed E-state index contributed by atoms with van der Waals surface area (Å²) in [5.74, 6) is 1.66. The van der Waals surface area contributed by atoms with Gasteiger partial charge in [0.25, 0.3) is 0 Å². The maximum Gasteiger partial charge on any atom is 0.232 e. The molecule has 2 heterocycles. The highest BCUT2D eigenvalue weighted by Gasteiger charge is 2.39. The first kappa shape index (κ1) is 38.2. The Kier molecular flexibility index (Phi) is 12.0. The van der Waals surface area contributed by atoms with E-state index in [4.69, 9.17) is 16.3 Å². The number of halogens is 1. The molecule has 1 amide bonds. The zero-order chi connectivity index (χ0) is 35.0. The lowest BCUT2D eigenvalue weighted by molar-refractivity contribution is -0.118. The molecule has 1 saturated carbocycles. The summed E-state index contributed by atoms with van der Waals surface area (Å²) in [6.07, 6.45) is 5.57. The molecule has 2 fully saturated rings. The van der Waals surface area contributed by atoms with E-state index in [2.05, 4.69) is 92.8 Å². The minimum Gasteiger partial charge on any atom is -0.491 e. The molecule has 0 N–H and O–H groups in total. The quantitative estimate of drug-likeness (QED) is 0.222. The summed E-state index contributed by atoms with van der Waals surface area (Å²) in [6, 6.07) is 21.8. The standard InChI is InChI=1S/C42H57ClN4O2.CH4/c1-28(2)46-22-21-45(27-42(46,6)7)36-15-9-31(10-16-36)26-44(8)35-17-19-37(20-18-35)47-40(48)24-33-23-30(5)39(49-29(3)4)25-38(33)41(47)32-11-13-34(43)14-12-32;/h11-14,17-20,23,25,28-29,31,36,41H,9-10,15-16,21-22,24,26-27H2,1-8H3;1H4/t31?,36?,41-;/m0./s1.